The molecule has 1 atom stereocenters. The number of amides is 1. The molecule has 1 aliphatic heterocycles. The molecule has 0 fully saturated rings. The molecule has 5 heteroatoms. The molecule has 0 saturated carbocycles. The standard InChI is InChI=1S/C21H21N3O2/c1-15-21(25)24(20(23-26-15)13-16-7-3-2-4-8-16)12-11-17-14-22-19-10-6-5-9-18(17)19/h2-10,14-15,22H,11-13H2,1H3. The molecule has 2 heterocycles. The van der Waals surface area contributed by atoms with Crippen LogP contribution in [0.25, 0.3) is 10.9 Å². The largest absolute Gasteiger partial charge is 0.381 e. The van der Waals surface area contributed by atoms with Crippen molar-refractivity contribution in [3.05, 3.63) is 71.9 Å². The molecule has 26 heavy (non-hydrogen) atoms. The van der Waals surface area contributed by atoms with Gasteiger partial charge in [0.1, 0.15) is 0 Å². The highest BCUT2D eigenvalue weighted by Crippen LogP contribution is 2.20. The van der Waals surface area contributed by atoms with Crippen molar-refractivity contribution in [3.8, 4) is 0 Å². The first-order valence-corrected chi connectivity index (χ1v) is 8.85. The number of carbonyl (C=O) groups excluding carboxylic acids is 1. The third kappa shape index (κ3) is 3.20. The summed E-state index contributed by atoms with van der Waals surface area (Å²) in [6.07, 6.45) is 2.81. The molecule has 0 radical (unpaired) electrons. The van der Waals surface area contributed by atoms with Gasteiger partial charge in [-0.25, -0.2) is 0 Å². The fourth-order valence-electron chi connectivity index (χ4n) is 3.30. The SMILES string of the molecule is CC1ON=C(Cc2ccccc2)N(CCc2c[nH]c3ccccc23)C1=O. The molecule has 1 amide bonds. The van der Waals surface area contributed by atoms with Crippen LogP contribution < -0.4 is 0 Å². The Hall–Kier alpha value is -3.08. The topological polar surface area (TPSA) is 57.7 Å². The van der Waals surface area contributed by atoms with Gasteiger partial charge in [-0.2, -0.15) is 0 Å². The van der Waals surface area contributed by atoms with Crippen molar-refractivity contribution in [2.24, 2.45) is 5.16 Å². The fourth-order valence-corrected chi connectivity index (χ4v) is 3.30. The van der Waals surface area contributed by atoms with E-state index in [-0.39, 0.29) is 5.91 Å². The van der Waals surface area contributed by atoms with Crippen molar-refractivity contribution >= 4 is 22.6 Å². The van der Waals surface area contributed by atoms with E-state index in [1.165, 1.54) is 10.9 Å². The third-order valence-electron chi connectivity index (χ3n) is 4.73. The second-order valence-electron chi connectivity index (χ2n) is 6.52. The Kier molecular flexibility index (Phi) is 4.44. The first kappa shape index (κ1) is 16.4. The summed E-state index contributed by atoms with van der Waals surface area (Å²) in [5, 5.41) is 5.41. The van der Waals surface area contributed by atoms with E-state index < -0.39 is 6.10 Å². The second kappa shape index (κ2) is 7.04. The molecule has 2 aromatic carbocycles. The van der Waals surface area contributed by atoms with E-state index in [9.17, 15) is 4.79 Å². The van der Waals surface area contributed by atoms with Gasteiger partial charge in [-0.3, -0.25) is 9.69 Å². The van der Waals surface area contributed by atoms with Gasteiger partial charge in [0.25, 0.3) is 5.91 Å². The normalized spacial score (nSPS) is 17.3. The number of oxime groups is 1. The molecular weight excluding hydrogens is 326 g/mol. The number of aromatic nitrogens is 1. The Morgan fingerprint density at radius 1 is 1.12 bits per heavy atom. The summed E-state index contributed by atoms with van der Waals surface area (Å²) in [4.78, 5) is 23.0. The van der Waals surface area contributed by atoms with E-state index in [2.05, 4.69) is 22.3 Å². The maximum absolute atomic E-state index is 12.7. The summed E-state index contributed by atoms with van der Waals surface area (Å²) in [6.45, 7) is 2.32. The summed E-state index contributed by atoms with van der Waals surface area (Å²) in [5.74, 6) is 0.630. The molecule has 132 valence electrons. The number of fused-ring (bicyclic) bond motifs is 1. The quantitative estimate of drug-likeness (QED) is 0.768. The van der Waals surface area contributed by atoms with E-state index in [0.29, 0.717) is 18.8 Å². The van der Waals surface area contributed by atoms with Gasteiger partial charge in [0.2, 0.25) is 6.10 Å². The van der Waals surface area contributed by atoms with Crippen molar-refractivity contribution in [1.82, 2.24) is 9.88 Å². The van der Waals surface area contributed by atoms with Crippen LogP contribution in [-0.2, 0) is 22.5 Å². The summed E-state index contributed by atoms with van der Waals surface area (Å²) >= 11 is 0. The predicted octanol–water partition coefficient (Wildman–Crippen LogP) is 3.51. The molecule has 0 saturated heterocycles. The Morgan fingerprint density at radius 2 is 1.88 bits per heavy atom. The van der Waals surface area contributed by atoms with E-state index in [1.54, 1.807) is 11.8 Å². The molecule has 3 aromatic rings. The van der Waals surface area contributed by atoms with Gasteiger partial charge in [0, 0.05) is 30.1 Å². The minimum Gasteiger partial charge on any atom is -0.381 e. The molecule has 1 unspecified atom stereocenters. The Bertz CT molecular complexity index is 946. The zero-order valence-corrected chi connectivity index (χ0v) is 14.7. The van der Waals surface area contributed by atoms with Crippen LogP contribution in [0, 0.1) is 0 Å². The average molecular weight is 347 g/mol. The number of benzene rings is 2. The monoisotopic (exact) mass is 347 g/mol. The molecule has 4 rings (SSSR count). The van der Waals surface area contributed by atoms with E-state index in [4.69, 9.17) is 4.84 Å². The van der Waals surface area contributed by atoms with Crippen LogP contribution in [-0.4, -0.2) is 34.3 Å². The van der Waals surface area contributed by atoms with Gasteiger partial charge < -0.3 is 9.82 Å². The molecule has 1 N–H and O–H groups in total. The van der Waals surface area contributed by atoms with Gasteiger partial charge in [-0.1, -0.05) is 53.7 Å². The van der Waals surface area contributed by atoms with Gasteiger partial charge >= 0.3 is 0 Å². The molecule has 0 aliphatic carbocycles. The zero-order valence-electron chi connectivity index (χ0n) is 14.7. The van der Waals surface area contributed by atoms with Gasteiger partial charge in [0.05, 0.1) is 0 Å². The molecule has 0 bridgehead atoms. The van der Waals surface area contributed by atoms with Crippen molar-refractivity contribution in [3.63, 3.8) is 0 Å². The Labute approximate surface area is 152 Å². The predicted molar refractivity (Wildman–Crippen MR) is 102 cm³/mol. The lowest BCUT2D eigenvalue weighted by Crippen LogP contribution is -2.48. The Morgan fingerprint density at radius 3 is 2.73 bits per heavy atom. The maximum atomic E-state index is 12.7. The van der Waals surface area contributed by atoms with Crippen LogP contribution in [0.2, 0.25) is 0 Å². The number of carbonyl (C=O) groups is 1. The van der Waals surface area contributed by atoms with Crippen LogP contribution >= 0.6 is 0 Å². The summed E-state index contributed by atoms with van der Waals surface area (Å²) in [5.41, 5.74) is 3.42. The highest BCUT2D eigenvalue weighted by Gasteiger charge is 2.30. The third-order valence-corrected chi connectivity index (χ3v) is 4.73. The number of nitrogens with zero attached hydrogens (tertiary/aromatic N) is 2. The average Bonchev–Trinajstić information content (AvgIpc) is 3.08. The van der Waals surface area contributed by atoms with Crippen molar-refractivity contribution < 1.29 is 9.63 Å². The molecular formula is C21H21N3O2. The number of para-hydroxylation sites is 1. The van der Waals surface area contributed by atoms with Crippen molar-refractivity contribution in [2.45, 2.75) is 25.9 Å². The highest BCUT2D eigenvalue weighted by atomic mass is 16.6. The Balaban J connectivity index is 1.54. The first-order chi connectivity index (χ1) is 12.7. The summed E-state index contributed by atoms with van der Waals surface area (Å²) < 4.78 is 0. The first-order valence-electron chi connectivity index (χ1n) is 8.85. The lowest BCUT2D eigenvalue weighted by molar-refractivity contribution is -0.141. The number of aromatic amines is 1. The van der Waals surface area contributed by atoms with Gasteiger partial charge in [0.15, 0.2) is 5.84 Å². The number of hydrogen-bond acceptors (Lipinski definition) is 3. The van der Waals surface area contributed by atoms with Crippen LogP contribution in [0.4, 0.5) is 0 Å². The van der Waals surface area contributed by atoms with Crippen molar-refractivity contribution in [2.75, 3.05) is 6.54 Å². The fraction of sp³-hybridized carbons (Fsp3) is 0.238. The van der Waals surface area contributed by atoms with Crippen LogP contribution in [0.1, 0.15) is 18.1 Å². The number of rotatable bonds is 5. The minimum atomic E-state index is -0.544. The summed E-state index contributed by atoms with van der Waals surface area (Å²) in [6, 6.07) is 18.2. The van der Waals surface area contributed by atoms with Crippen LogP contribution in [0.3, 0.4) is 0 Å². The van der Waals surface area contributed by atoms with E-state index in [0.717, 1.165) is 17.5 Å². The van der Waals surface area contributed by atoms with Crippen LogP contribution in [0.15, 0.2) is 65.9 Å². The molecule has 5 nitrogen and oxygen atoms in total. The maximum Gasteiger partial charge on any atom is 0.271 e. The number of nitrogens with one attached hydrogen (secondary N) is 1. The smallest absolute Gasteiger partial charge is 0.271 e. The molecule has 1 aromatic heterocycles. The lowest BCUT2D eigenvalue weighted by Gasteiger charge is -2.30. The van der Waals surface area contributed by atoms with Crippen LogP contribution in [0.5, 0.6) is 0 Å². The van der Waals surface area contributed by atoms with Crippen molar-refractivity contribution in [1.29, 1.82) is 0 Å². The van der Waals surface area contributed by atoms with E-state index in [1.807, 2.05) is 48.7 Å². The minimum absolute atomic E-state index is 0.0363. The van der Waals surface area contributed by atoms with Gasteiger partial charge in [-0.05, 0) is 30.5 Å². The molecule has 0 spiro atoms. The lowest BCUT2D eigenvalue weighted by atomic mass is 10.1. The second-order valence-corrected chi connectivity index (χ2v) is 6.52. The highest BCUT2D eigenvalue weighted by molar-refractivity contribution is 6.01. The molecule has 1 aliphatic rings. The number of amidine groups is 1. The number of H-pyrrole nitrogens is 1. The van der Waals surface area contributed by atoms with Gasteiger partial charge in [-0.15, -0.1) is 0 Å². The summed E-state index contributed by atoms with van der Waals surface area (Å²) in [7, 11) is 0. The zero-order chi connectivity index (χ0) is 17.9. The number of hydrogen-bond donors (Lipinski definition) is 1. The van der Waals surface area contributed by atoms with E-state index >= 15 is 0 Å².